The van der Waals surface area contributed by atoms with Gasteiger partial charge in [-0.25, -0.2) is 9.78 Å². The van der Waals surface area contributed by atoms with Crippen molar-refractivity contribution in [2.75, 3.05) is 11.9 Å². The molecule has 2 amide bonds. The summed E-state index contributed by atoms with van der Waals surface area (Å²) < 4.78 is 2.40. The molecule has 0 saturated carbocycles. The molecule has 1 atom stereocenters. The van der Waals surface area contributed by atoms with Gasteiger partial charge in [-0.15, -0.1) is 0 Å². The van der Waals surface area contributed by atoms with Crippen LogP contribution in [0.3, 0.4) is 0 Å². The third-order valence-corrected chi connectivity index (χ3v) is 6.15. The second-order valence-electron chi connectivity index (χ2n) is 7.59. The minimum absolute atomic E-state index is 0.0984. The van der Waals surface area contributed by atoms with Crippen LogP contribution in [0.15, 0.2) is 57.8 Å². The Hall–Kier alpha value is -2.67. The monoisotopic (exact) mass is 484 g/mol. The highest BCUT2D eigenvalue weighted by atomic mass is 79.9. The van der Waals surface area contributed by atoms with E-state index in [2.05, 4.69) is 28.2 Å². The van der Waals surface area contributed by atoms with Crippen molar-refractivity contribution in [1.29, 1.82) is 0 Å². The fourth-order valence-corrected chi connectivity index (χ4v) is 4.14. The van der Waals surface area contributed by atoms with Crippen LogP contribution in [0.25, 0.3) is 10.9 Å². The van der Waals surface area contributed by atoms with Gasteiger partial charge >= 0.3 is 6.03 Å². The van der Waals surface area contributed by atoms with Crippen LogP contribution in [-0.4, -0.2) is 27.0 Å². The SMILES string of the molecule is CCCCCN(C(=O)Nc1ccccc1Br)C(CC)c1nc2ccccc2c(=O)n1C. The van der Waals surface area contributed by atoms with Gasteiger partial charge in [0, 0.05) is 18.1 Å². The zero-order valence-electron chi connectivity index (χ0n) is 18.3. The van der Waals surface area contributed by atoms with Crippen LogP contribution in [0.2, 0.25) is 0 Å². The lowest BCUT2D eigenvalue weighted by Crippen LogP contribution is -2.41. The van der Waals surface area contributed by atoms with Gasteiger partial charge in [-0.05, 0) is 53.0 Å². The largest absolute Gasteiger partial charge is 0.322 e. The van der Waals surface area contributed by atoms with Crippen LogP contribution in [-0.2, 0) is 7.05 Å². The maximum atomic E-state index is 13.4. The zero-order chi connectivity index (χ0) is 22.4. The molecule has 0 bridgehead atoms. The summed E-state index contributed by atoms with van der Waals surface area (Å²) in [6, 6.07) is 14.4. The number of nitrogens with one attached hydrogen (secondary N) is 1. The fourth-order valence-electron chi connectivity index (χ4n) is 3.76. The average molecular weight is 485 g/mol. The lowest BCUT2D eigenvalue weighted by Gasteiger charge is -2.32. The van der Waals surface area contributed by atoms with Gasteiger partial charge in [0.25, 0.3) is 5.56 Å². The number of fused-ring (bicyclic) bond motifs is 1. The molecule has 1 unspecified atom stereocenters. The van der Waals surface area contributed by atoms with Gasteiger partial charge in [-0.1, -0.05) is 51.0 Å². The molecular formula is C24H29BrN4O2. The first-order chi connectivity index (χ1) is 15.0. The van der Waals surface area contributed by atoms with Gasteiger partial charge < -0.3 is 10.2 Å². The molecular weight excluding hydrogens is 456 g/mol. The summed E-state index contributed by atoms with van der Waals surface area (Å²) in [6.45, 7) is 4.74. The van der Waals surface area contributed by atoms with Crippen molar-refractivity contribution < 1.29 is 4.79 Å². The van der Waals surface area contributed by atoms with Crippen LogP contribution in [0.4, 0.5) is 10.5 Å². The lowest BCUT2D eigenvalue weighted by molar-refractivity contribution is 0.179. The van der Waals surface area contributed by atoms with Crippen molar-refractivity contribution in [2.45, 2.75) is 45.6 Å². The number of unbranched alkanes of at least 4 members (excludes halogenated alkanes) is 2. The van der Waals surface area contributed by atoms with Gasteiger partial charge in [0.1, 0.15) is 5.82 Å². The highest BCUT2D eigenvalue weighted by Gasteiger charge is 2.28. The maximum absolute atomic E-state index is 13.4. The number of hydrogen-bond acceptors (Lipinski definition) is 3. The molecule has 0 aliphatic heterocycles. The molecule has 2 aromatic carbocycles. The van der Waals surface area contributed by atoms with E-state index in [-0.39, 0.29) is 17.6 Å². The van der Waals surface area contributed by atoms with Gasteiger partial charge in [-0.2, -0.15) is 0 Å². The van der Waals surface area contributed by atoms with Crippen molar-refractivity contribution in [3.05, 3.63) is 69.2 Å². The molecule has 0 aliphatic rings. The first kappa shape index (κ1) is 23.0. The van der Waals surface area contributed by atoms with E-state index in [9.17, 15) is 9.59 Å². The number of anilines is 1. The summed E-state index contributed by atoms with van der Waals surface area (Å²) in [5, 5.41) is 3.60. The Morgan fingerprint density at radius 3 is 2.55 bits per heavy atom. The number of nitrogens with zero attached hydrogens (tertiary/aromatic N) is 3. The van der Waals surface area contributed by atoms with E-state index in [0.29, 0.717) is 35.4 Å². The zero-order valence-corrected chi connectivity index (χ0v) is 19.9. The number of halogens is 1. The fraction of sp³-hybridized carbons (Fsp3) is 0.375. The number of carbonyl (C=O) groups excluding carboxylic acids is 1. The molecule has 3 rings (SSSR count). The standard InChI is InChI=1S/C24H29BrN4O2/c1-4-6-11-16-29(24(31)27-20-15-10-8-13-18(20)25)21(5-2)22-26-19-14-9-7-12-17(19)23(30)28(22)3/h7-10,12-15,21H,4-6,11,16H2,1-3H3,(H,27,31). The molecule has 0 fully saturated rings. The number of aromatic nitrogens is 2. The number of amides is 2. The highest BCUT2D eigenvalue weighted by Crippen LogP contribution is 2.27. The molecule has 3 aromatic rings. The maximum Gasteiger partial charge on any atom is 0.322 e. The van der Waals surface area contributed by atoms with Crippen molar-refractivity contribution in [1.82, 2.24) is 14.5 Å². The first-order valence-electron chi connectivity index (χ1n) is 10.8. The van der Waals surface area contributed by atoms with Gasteiger partial charge in [-0.3, -0.25) is 9.36 Å². The third kappa shape index (κ3) is 5.15. The summed E-state index contributed by atoms with van der Waals surface area (Å²) >= 11 is 3.49. The molecule has 1 aromatic heterocycles. The third-order valence-electron chi connectivity index (χ3n) is 5.46. The van der Waals surface area contributed by atoms with Crippen molar-refractivity contribution in [3.8, 4) is 0 Å². The summed E-state index contributed by atoms with van der Waals surface area (Å²) in [6.07, 6.45) is 3.62. The average Bonchev–Trinajstić information content (AvgIpc) is 2.78. The van der Waals surface area contributed by atoms with Gasteiger partial charge in [0.2, 0.25) is 0 Å². The topological polar surface area (TPSA) is 67.2 Å². The first-order valence-corrected chi connectivity index (χ1v) is 11.5. The molecule has 1 heterocycles. The van der Waals surface area contributed by atoms with E-state index in [1.54, 1.807) is 17.7 Å². The van der Waals surface area contributed by atoms with E-state index in [1.807, 2.05) is 54.3 Å². The smallest absolute Gasteiger partial charge is 0.314 e. The molecule has 164 valence electrons. The number of carbonyl (C=O) groups is 1. The number of hydrogen-bond donors (Lipinski definition) is 1. The van der Waals surface area contributed by atoms with Crippen LogP contribution in [0, 0.1) is 0 Å². The summed E-state index contributed by atoms with van der Waals surface area (Å²) in [7, 11) is 1.73. The molecule has 6 nitrogen and oxygen atoms in total. The number of rotatable bonds is 8. The van der Waals surface area contributed by atoms with Crippen LogP contribution in [0.5, 0.6) is 0 Å². The van der Waals surface area contributed by atoms with Gasteiger partial charge in [0.05, 0.1) is 22.6 Å². The summed E-state index contributed by atoms with van der Waals surface area (Å²) in [5.74, 6) is 0.602. The van der Waals surface area contributed by atoms with Crippen molar-refractivity contribution in [2.24, 2.45) is 7.05 Å². The second-order valence-corrected chi connectivity index (χ2v) is 8.44. The van der Waals surface area contributed by atoms with Crippen LogP contribution in [0.1, 0.15) is 51.4 Å². The van der Waals surface area contributed by atoms with E-state index in [4.69, 9.17) is 4.98 Å². The minimum atomic E-state index is -0.318. The molecule has 0 spiro atoms. The molecule has 0 radical (unpaired) electrons. The predicted octanol–water partition coefficient (Wildman–Crippen LogP) is 5.87. The van der Waals surface area contributed by atoms with Crippen molar-refractivity contribution >= 4 is 38.6 Å². The Kier molecular flexibility index (Phi) is 7.85. The summed E-state index contributed by atoms with van der Waals surface area (Å²) in [5.41, 5.74) is 1.26. The Morgan fingerprint density at radius 1 is 1.13 bits per heavy atom. The highest BCUT2D eigenvalue weighted by molar-refractivity contribution is 9.10. The van der Waals surface area contributed by atoms with E-state index in [0.717, 1.165) is 23.7 Å². The second kappa shape index (κ2) is 10.6. The minimum Gasteiger partial charge on any atom is -0.314 e. The number of para-hydroxylation sites is 2. The molecule has 0 aliphatic carbocycles. The quantitative estimate of drug-likeness (QED) is 0.406. The Labute approximate surface area is 191 Å². The Morgan fingerprint density at radius 2 is 1.84 bits per heavy atom. The summed E-state index contributed by atoms with van der Waals surface area (Å²) in [4.78, 5) is 32.9. The van der Waals surface area contributed by atoms with Crippen molar-refractivity contribution in [3.63, 3.8) is 0 Å². The molecule has 7 heteroatoms. The van der Waals surface area contributed by atoms with Crippen LogP contribution < -0.4 is 10.9 Å². The van der Waals surface area contributed by atoms with E-state index in [1.165, 1.54) is 0 Å². The number of urea groups is 1. The Balaban J connectivity index is 2.01. The van der Waals surface area contributed by atoms with Crippen LogP contribution >= 0.6 is 15.9 Å². The lowest BCUT2D eigenvalue weighted by atomic mass is 10.1. The van der Waals surface area contributed by atoms with Gasteiger partial charge in [0.15, 0.2) is 0 Å². The molecule has 0 saturated heterocycles. The van der Waals surface area contributed by atoms with E-state index >= 15 is 0 Å². The Bertz CT molecular complexity index is 1110. The predicted molar refractivity (Wildman–Crippen MR) is 129 cm³/mol. The number of benzene rings is 2. The molecule has 31 heavy (non-hydrogen) atoms. The molecule has 1 N–H and O–H groups in total. The van der Waals surface area contributed by atoms with E-state index < -0.39 is 0 Å². The normalized spacial score (nSPS) is 12.0.